The first-order chi connectivity index (χ1) is 12.8. The van der Waals surface area contributed by atoms with Gasteiger partial charge in [-0.05, 0) is 45.0 Å². The van der Waals surface area contributed by atoms with Crippen LogP contribution in [0.25, 0.3) is 5.69 Å². The highest BCUT2D eigenvalue weighted by Crippen LogP contribution is 2.27. The molecule has 2 aromatic rings. The van der Waals surface area contributed by atoms with E-state index in [9.17, 15) is 4.79 Å². The van der Waals surface area contributed by atoms with Gasteiger partial charge >= 0.3 is 0 Å². The molecule has 0 saturated carbocycles. The molecule has 1 aromatic heterocycles. The second-order valence-electron chi connectivity index (χ2n) is 6.56. The Labute approximate surface area is 168 Å². The molecule has 0 radical (unpaired) electrons. The van der Waals surface area contributed by atoms with Gasteiger partial charge in [0.1, 0.15) is 0 Å². The van der Waals surface area contributed by atoms with Crippen molar-refractivity contribution in [2.24, 2.45) is 5.10 Å². The molecule has 0 spiro atoms. The molecule has 6 nitrogen and oxygen atoms in total. The Balaban J connectivity index is 1.71. The van der Waals surface area contributed by atoms with E-state index < -0.39 is 5.79 Å². The molecule has 1 saturated heterocycles. The molecule has 27 heavy (non-hydrogen) atoms. The van der Waals surface area contributed by atoms with E-state index >= 15 is 0 Å². The number of nitrogens with one attached hydrogen (secondary N) is 1. The summed E-state index contributed by atoms with van der Waals surface area (Å²) >= 11 is 12.1. The average Bonchev–Trinajstić information content (AvgIpc) is 3.14. The number of hydrazone groups is 1. The number of rotatable bonds is 5. The van der Waals surface area contributed by atoms with E-state index in [1.54, 1.807) is 19.2 Å². The first-order valence-corrected chi connectivity index (χ1v) is 9.29. The molecule has 0 unspecified atom stereocenters. The standard InChI is InChI=1S/C19H21Cl2N3O3/c1-12-8-14(11-22-23-18(25)10-19(3)26-6-7-27-19)13(2)24(12)15-4-5-16(20)17(21)9-15/h4-5,8-9,11H,6-7,10H2,1-3H3,(H,23,25)/b22-11+. The van der Waals surface area contributed by atoms with Crippen molar-refractivity contribution < 1.29 is 14.3 Å². The van der Waals surface area contributed by atoms with Crippen LogP contribution in [0.15, 0.2) is 29.4 Å². The third-order valence-corrected chi connectivity index (χ3v) is 5.14. The maximum Gasteiger partial charge on any atom is 0.245 e. The Morgan fingerprint density at radius 2 is 1.96 bits per heavy atom. The molecule has 1 N–H and O–H groups in total. The minimum atomic E-state index is -0.872. The maximum atomic E-state index is 12.0. The summed E-state index contributed by atoms with van der Waals surface area (Å²) < 4.78 is 12.9. The molecule has 8 heteroatoms. The lowest BCUT2D eigenvalue weighted by atomic mass is 10.2. The van der Waals surface area contributed by atoms with Gasteiger partial charge in [0.05, 0.1) is 35.9 Å². The van der Waals surface area contributed by atoms with Crippen LogP contribution in [-0.2, 0) is 14.3 Å². The Hall–Kier alpha value is -1.86. The number of carbonyl (C=O) groups is 1. The van der Waals surface area contributed by atoms with Crippen molar-refractivity contribution in [2.75, 3.05) is 13.2 Å². The molecule has 0 bridgehead atoms. The molecule has 3 rings (SSSR count). The lowest BCUT2D eigenvalue weighted by Crippen LogP contribution is -2.33. The van der Waals surface area contributed by atoms with Crippen LogP contribution >= 0.6 is 23.2 Å². The smallest absolute Gasteiger partial charge is 0.245 e. The van der Waals surface area contributed by atoms with E-state index in [0.717, 1.165) is 22.6 Å². The number of carbonyl (C=O) groups excluding carboxylic acids is 1. The first-order valence-electron chi connectivity index (χ1n) is 8.53. The normalized spacial score (nSPS) is 16.2. The fraction of sp³-hybridized carbons (Fsp3) is 0.368. The first kappa shape index (κ1) is 19.9. The highest BCUT2D eigenvalue weighted by Gasteiger charge is 2.33. The van der Waals surface area contributed by atoms with Crippen molar-refractivity contribution >= 4 is 35.3 Å². The van der Waals surface area contributed by atoms with E-state index in [1.165, 1.54) is 0 Å². The largest absolute Gasteiger partial charge is 0.347 e. The third-order valence-electron chi connectivity index (χ3n) is 4.40. The van der Waals surface area contributed by atoms with Gasteiger partial charge in [0.15, 0.2) is 5.79 Å². The van der Waals surface area contributed by atoms with Gasteiger partial charge in [0.25, 0.3) is 0 Å². The number of amides is 1. The fourth-order valence-corrected chi connectivity index (χ4v) is 3.40. The minimum absolute atomic E-state index is 0.0899. The summed E-state index contributed by atoms with van der Waals surface area (Å²) in [4.78, 5) is 12.0. The quantitative estimate of drug-likeness (QED) is 0.599. The molecule has 2 heterocycles. The zero-order valence-corrected chi connectivity index (χ0v) is 16.9. The molecule has 1 amide bonds. The number of aryl methyl sites for hydroxylation is 1. The van der Waals surface area contributed by atoms with Gasteiger partial charge in [-0.25, -0.2) is 5.43 Å². The number of benzene rings is 1. The van der Waals surface area contributed by atoms with Crippen LogP contribution in [0.2, 0.25) is 10.0 Å². The fourth-order valence-electron chi connectivity index (χ4n) is 3.10. The highest BCUT2D eigenvalue weighted by atomic mass is 35.5. The van der Waals surface area contributed by atoms with E-state index in [2.05, 4.69) is 10.5 Å². The summed E-state index contributed by atoms with van der Waals surface area (Å²) in [5, 5.41) is 5.06. The number of hydrogen-bond donors (Lipinski definition) is 1. The van der Waals surface area contributed by atoms with Gasteiger partial charge in [0, 0.05) is 22.6 Å². The van der Waals surface area contributed by atoms with Gasteiger partial charge in [-0.2, -0.15) is 5.10 Å². The van der Waals surface area contributed by atoms with Crippen molar-refractivity contribution in [3.63, 3.8) is 0 Å². The number of aromatic nitrogens is 1. The van der Waals surface area contributed by atoms with E-state index in [0.29, 0.717) is 23.3 Å². The Kier molecular flexibility index (Phi) is 5.91. The molecule has 1 aliphatic rings. The summed E-state index contributed by atoms with van der Waals surface area (Å²) in [5.41, 5.74) is 6.30. The SMILES string of the molecule is Cc1cc(/C=N/NC(=O)CC2(C)OCCO2)c(C)n1-c1ccc(Cl)c(Cl)c1. The molecular formula is C19H21Cl2N3O3. The van der Waals surface area contributed by atoms with E-state index in [1.807, 2.05) is 36.6 Å². The predicted octanol–water partition coefficient (Wildman–Crippen LogP) is 4.00. The summed E-state index contributed by atoms with van der Waals surface area (Å²) in [6.07, 6.45) is 1.71. The summed E-state index contributed by atoms with van der Waals surface area (Å²) in [6.45, 7) is 6.69. The third kappa shape index (κ3) is 4.52. The minimum Gasteiger partial charge on any atom is -0.347 e. The maximum absolute atomic E-state index is 12.0. The Bertz CT molecular complexity index is 887. The number of ether oxygens (including phenoxy) is 2. The van der Waals surface area contributed by atoms with Crippen LogP contribution in [0.1, 0.15) is 30.3 Å². The molecule has 144 valence electrons. The van der Waals surface area contributed by atoms with Crippen molar-refractivity contribution in [2.45, 2.75) is 33.0 Å². The predicted molar refractivity (Wildman–Crippen MR) is 106 cm³/mol. The number of hydrogen-bond acceptors (Lipinski definition) is 4. The number of halogens is 2. The molecule has 1 aromatic carbocycles. The summed E-state index contributed by atoms with van der Waals surface area (Å²) in [7, 11) is 0. The van der Waals surface area contributed by atoms with Crippen molar-refractivity contribution in [3.05, 3.63) is 51.3 Å². The molecule has 1 fully saturated rings. The zero-order valence-electron chi connectivity index (χ0n) is 15.4. The molecule has 1 aliphatic heterocycles. The lowest BCUT2D eigenvalue weighted by Gasteiger charge is -2.20. The van der Waals surface area contributed by atoms with Gasteiger partial charge in [-0.3, -0.25) is 4.79 Å². The Morgan fingerprint density at radius 3 is 2.63 bits per heavy atom. The van der Waals surface area contributed by atoms with Crippen LogP contribution in [-0.4, -0.2) is 35.7 Å². The van der Waals surface area contributed by atoms with Crippen LogP contribution < -0.4 is 5.43 Å². The summed E-state index contributed by atoms with van der Waals surface area (Å²) in [6, 6.07) is 7.46. The van der Waals surface area contributed by atoms with Crippen LogP contribution in [0.4, 0.5) is 0 Å². The lowest BCUT2D eigenvalue weighted by molar-refractivity contribution is -0.159. The highest BCUT2D eigenvalue weighted by molar-refractivity contribution is 6.42. The topological polar surface area (TPSA) is 64.8 Å². The van der Waals surface area contributed by atoms with Crippen molar-refractivity contribution in [1.29, 1.82) is 0 Å². The molecule has 0 atom stereocenters. The van der Waals surface area contributed by atoms with E-state index in [4.69, 9.17) is 32.7 Å². The average molecular weight is 410 g/mol. The van der Waals surface area contributed by atoms with Crippen LogP contribution in [0.5, 0.6) is 0 Å². The van der Waals surface area contributed by atoms with Gasteiger partial charge in [-0.1, -0.05) is 23.2 Å². The van der Waals surface area contributed by atoms with Gasteiger partial charge < -0.3 is 14.0 Å². The number of nitrogens with zero attached hydrogens (tertiary/aromatic N) is 2. The summed E-state index contributed by atoms with van der Waals surface area (Å²) in [5.74, 6) is -1.14. The second-order valence-corrected chi connectivity index (χ2v) is 7.38. The van der Waals surface area contributed by atoms with Crippen LogP contribution in [0.3, 0.4) is 0 Å². The monoisotopic (exact) mass is 409 g/mol. The van der Waals surface area contributed by atoms with Gasteiger partial charge in [0.2, 0.25) is 5.91 Å². The molecule has 0 aliphatic carbocycles. The van der Waals surface area contributed by atoms with Crippen molar-refractivity contribution in [3.8, 4) is 5.69 Å². The van der Waals surface area contributed by atoms with Gasteiger partial charge in [-0.15, -0.1) is 0 Å². The van der Waals surface area contributed by atoms with Crippen LogP contribution in [0, 0.1) is 13.8 Å². The van der Waals surface area contributed by atoms with Crippen molar-refractivity contribution in [1.82, 2.24) is 9.99 Å². The second kappa shape index (κ2) is 8.02. The molecular weight excluding hydrogens is 389 g/mol. The van der Waals surface area contributed by atoms with E-state index in [-0.39, 0.29) is 12.3 Å². The Morgan fingerprint density at radius 1 is 1.26 bits per heavy atom. The zero-order chi connectivity index (χ0) is 19.6.